The molecule has 3 rings (SSSR count). The molecule has 0 aliphatic rings. The third kappa shape index (κ3) is 20.6. The Kier molecular flexibility index (Phi) is 24.2. The van der Waals surface area contributed by atoms with Gasteiger partial charge in [-0.15, -0.1) is 0 Å². The average molecular weight is 921 g/mol. The van der Waals surface area contributed by atoms with Crippen molar-refractivity contribution in [1.29, 1.82) is 0 Å². The van der Waals surface area contributed by atoms with Gasteiger partial charge in [0.25, 0.3) is 11.4 Å². The molecule has 0 saturated heterocycles. The number of fused-ring (bicyclic) bond motifs is 1. The van der Waals surface area contributed by atoms with E-state index in [4.69, 9.17) is 42.6 Å². The molecule has 2 aromatic carbocycles. The van der Waals surface area contributed by atoms with E-state index in [0.29, 0.717) is 62.9 Å². The van der Waals surface area contributed by atoms with Crippen molar-refractivity contribution in [2.24, 2.45) is 0 Å². The van der Waals surface area contributed by atoms with Gasteiger partial charge in [0.1, 0.15) is 29.3 Å². The maximum absolute atomic E-state index is 13.0. The van der Waals surface area contributed by atoms with Gasteiger partial charge in [0.15, 0.2) is 0 Å². The molecule has 0 radical (unpaired) electrons. The zero-order valence-corrected chi connectivity index (χ0v) is 37.3. The van der Waals surface area contributed by atoms with E-state index in [1.165, 1.54) is 16.7 Å². The molecule has 0 saturated carbocycles. The summed E-state index contributed by atoms with van der Waals surface area (Å²) < 4.78 is 50.6. The molecule has 0 bridgehead atoms. The lowest BCUT2D eigenvalue weighted by molar-refractivity contribution is -0.393. The molecule has 3 aromatic rings. The summed E-state index contributed by atoms with van der Waals surface area (Å²) in [5.41, 5.74) is -0.923. The molecule has 360 valence electrons. The number of nitrogens with zero attached hydrogens (tertiary/aromatic N) is 3. The minimum Gasteiger partial charge on any atom is -0.490 e. The number of anilines is 1. The number of hydrogen-bond acceptors (Lipinski definition) is 18. The summed E-state index contributed by atoms with van der Waals surface area (Å²) in [6.45, 7) is 11.5. The highest BCUT2D eigenvalue weighted by Crippen LogP contribution is 2.31. The maximum Gasteiger partial charge on any atom is 0.419 e. The zero-order chi connectivity index (χ0) is 47.5. The molecule has 23 nitrogen and oxygen atoms in total. The molecular weight excluding hydrogens is 860 g/mol. The largest absolute Gasteiger partial charge is 0.490 e. The fourth-order valence-electron chi connectivity index (χ4n) is 5.60. The van der Waals surface area contributed by atoms with Crippen molar-refractivity contribution in [2.45, 2.75) is 46.1 Å². The first-order chi connectivity index (χ1) is 31.2. The minimum atomic E-state index is -0.778. The first kappa shape index (κ1) is 53.4. The van der Waals surface area contributed by atoms with E-state index in [1.807, 2.05) is 0 Å². The summed E-state index contributed by atoms with van der Waals surface area (Å²) in [6, 6.07) is 10.0. The smallest absolute Gasteiger partial charge is 0.419 e. The highest BCUT2D eigenvalue weighted by Gasteiger charge is 2.27. The van der Waals surface area contributed by atoms with Gasteiger partial charge in [-0.3, -0.25) is 29.8 Å². The number of nitro benzene ring substituents is 2. The third-order valence-corrected chi connectivity index (χ3v) is 8.51. The van der Waals surface area contributed by atoms with E-state index in [2.05, 4.69) is 16.0 Å². The van der Waals surface area contributed by atoms with Gasteiger partial charge in [0.05, 0.1) is 107 Å². The lowest BCUT2D eigenvalue weighted by atomic mass is 10.2. The van der Waals surface area contributed by atoms with E-state index in [1.54, 1.807) is 52.0 Å². The van der Waals surface area contributed by atoms with Gasteiger partial charge in [-0.05, 0) is 52.0 Å². The molecule has 65 heavy (non-hydrogen) atoms. The number of non-ortho nitro benzene ring substituents is 1. The van der Waals surface area contributed by atoms with Gasteiger partial charge in [-0.2, -0.15) is 0 Å². The SMILES string of the molecule is CCOC(=O)c1cc2c(OCCOCCOCCOCCNC(=O)CCC(=O)NCCOCCOCCOCCNc3ccc([N+](=O)[O-])cc3[N+](=O)[O-])cccc2n1C(=O)OC(C)(C)C. The summed E-state index contributed by atoms with van der Waals surface area (Å²) >= 11 is 0. The van der Waals surface area contributed by atoms with E-state index in [-0.39, 0.29) is 108 Å². The number of hydrogen-bond donors (Lipinski definition) is 3. The second-order valence-electron chi connectivity index (χ2n) is 14.6. The predicted octanol–water partition coefficient (Wildman–Crippen LogP) is 4.02. The van der Waals surface area contributed by atoms with Gasteiger partial charge < -0.3 is 58.6 Å². The molecule has 2 amide bonds. The molecule has 0 aliphatic carbocycles. The van der Waals surface area contributed by atoms with Crippen molar-refractivity contribution in [2.75, 3.05) is 117 Å². The standard InChI is InChI=1S/C42H60N6O17/c1-5-63-40(51)36-30-32-34(46(36)41(52)65-42(2,3)4)7-6-8-37(32)64-28-27-62-26-25-61-24-21-59-18-15-45-39(50)12-11-38(49)44-14-17-58-20-23-60-22-19-57-16-13-43-33-10-9-31(47(53)54)29-35(33)48(55)56/h6-10,29-30,43H,5,11-28H2,1-4H3,(H,44,49)(H,45,50). The number of benzene rings is 2. The molecule has 0 atom stereocenters. The van der Waals surface area contributed by atoms with E-state index >= 15 is 0 Å². The maximum atomic E-state index is 13.0. The summed E-state index contributed by atoms with van der Waals surface area (Å²) in [6.07, 6.45) is -0.658. The van der Waals surface area contributed by atoms with Crippen molar-refractivity contribution in [3.8, 4) is 5.75 Å². The van der Waals surface area contributed by atoms with Crippen molar-refractivity contribution < 1.29 is 71.7 Å². The number of esters is 1. The first-order valence-electron chi connectivity index (χ1n) is 21.1. The van der Waals surface area contributed by atoms with Gasteiger partial charge in [0.2, 0.25) is 11.8 Å². The summed E-state index contributed by atoms with van der Waals surface area (Å²) in [7, 11) is 0. The number of nitrogens with one attached hydrogen (secondary N) is 3. The molecular formula is C42H60N6O17. The predicted molar refractivity (Wildman–Crippen MR) is 233 cm³/mol. The Hall–Kier alpha value is -5.98. The monoisotopic (exact) mass is 920 g/mol. The van der Waals surface area contributed by atoms with Crippen LogP contribution in [0, 0.1) is 20.2 Å². The molecule has 1 aromatic heterocycles. The zero-order valence-electron chi connectivity index (χ0n) is 37.3. The van der Waals surface area contributed by atoms with Crippen LogP contribution in [0.15, 0.2) is 42.5 Å². The fraction of sp³-hybridized carbons (Fsp3) is 0.571. The van der Waals surface area contributed by atoms with Crippen molar-refractivity contribution >= 4 is 51.8 Å². The number of ether oxygens (including phenoxy) is 9. The number of carbonyl (C=O) groups excluding carboxylic acids is 4. The van der Waals surface area contributed by atoms with Gasteiger partial charge in [-0.1, -0.05) is 6.07 Å². The van der Waals surface area contributed by atoms with Gasteiger partial charge >= 0.3 is 12.1 Å². The van der Waals surface area contributed by atoms with Crippen LogP contribution >= 0.6 is 0 Å². The van der Waals surface area contributed by atoms with Crippen LogP contribution in [-0.2, 0) is 47.5 Å². The van der Waals surface area contributed by atoms with Crippen LogP contribution in [-0.4, -0.2) is 156 Å². The Labute approximate surface area is 375 Å². The van der Waals surface area contributed by atoms with E-state index in [0.717, 1.165) is 6.07 Å². The second kappa shape index (κ2) is 29.5. The van der Waals surface area contributed by atoms with Gasteiger partial charge in [-0.25, -0.2) is 14.2 Å². The highest BCUT2D eigenvalue weighted by atomic mass is 16.6. The van der Waals surface area contributed by atoms with Crippen LogP contribution in [0.3, 0.4) is 0 Å². The second-order valence-corrected chi connectivity index (χ2v) is 14.6. The Morgan fingerprint density at radius 2 is 1.18 bits per heavy atom. The highest BCUT2D eigenvalue weighted by molar-refractivity contribution is 6.03. The third-order valence-electron chi connectivity index (χ3n) is 8.51. The Balaban J connectivity index is 1.10. The number of nitro groups is 2. The number of carbonyl (C=O) groups is 4. The lowest BCUT2D eigenvalue weighted by Gasteiger charge is -2.20. The molecule has 0 unspecified atom stereocenters. The Bertz CT molecular complexity index is 1990. The molecule has 0 aliphatic heterocycles. The summed E-state index contributed by atoms with van der Waals surface area (Å²) in [4.78, 5) is 70.5. The normalized spacial score (nSPS) is 11.3. The van der Waals surface area contributed by atoms with Crippen LogP contribution in [0.25, 0.3) is 10.9 Å². The molecule has 23 heteroatoms. The average Bonchev–Trinajstić information content (AvgIpc) is 3.66. The van der Waals surface area contributed by atoms with Crippen LogP contribution in [0.5, 0.6) is 5.75 Å². The summed E-state index contributed by atoms with van der Waals surface area (Å²) in [5, 5.41) is 30.8. The van der Waals surface area contributed by atoms with E-state index < -0.39 is 33.2 Å². The minimum absolute atomic E-state index is 0.0241. The fourth-order valence-corrected chi connectivity index (χ4v) is 5.60. The van der Waals surface area contributed by atoms with E-state index in [9.17, 15) is 39.4 Å². The number of aromatic nitrogens is 1. The first-order valence-corrected chi connectivity index (χ1v) is 21.1. The Morgan fingerprint density at radius 1 is 0.662 bits per heavy atom. The van der Waals surface area contributed by atoms with Gasteiger partial charge in [0, 0.05) is 43.9 Å². The van der Waals surface area contributed by atoms with Crippen LogP contribution < -0.4 is 20.7 Å². The Morgan fingerprint density at radius 3 is 1.69 bits per heavy atom. The molecule has 1 heterocycles. The molecule has 3 N–H and O–H groups in total. The van der Waals surface area contributed by atoms with Crippen molar-refractivity contribution in [3.05, 3.63) is 68.4 Å². The molecule has 0 fully saturated rings. The quantitative estimate of drug-likeness (QED) is 0.0337. The van der Waals surface area contributed by atoms with Crippen LogP contribution in [0.2, 0.25) is 0 Å². The van der Waals surface area contributed by atoms with Crippen LogP contribution in [0.1, 0.15) is 51.0 Å². The summed E-state index contributed by atoms with van der Waals surface area (Å²) in [5.74, 6) is -0.756. The topological polar surface area (TPSA) is 279 Å². The van der Waals surface area contributed by atoms with Crippen molar-refractivity contribution in [3.63, 3.8) is 0 Å². The lowest BCUT2D eigenvalue weighted by Crippen LogP contribution is -2.31. The van der Waals surface area contributed by atoms with Crippen LogP contribution in [0.4, 0.5) is 21.9 Å². The number of rotatable bonds is 33. The van der Waals surface area contributed by atoms with Crippen molar-refractivity contribution in [1.82, 2.24) is 15.2 Å². The number of amides is 2. The molecule has 0 spiro atoms.